The van der Waals surface area contributed by atoms with Crippen LogP contribution < -0.4 is 5.32 Å². The Kier molecular flexibility index (Phi) is 4.51. The number of anilines is 1. The second-order valence-electron chi connectivity index (χ2n) is 4.59. The van der Waals surface area contributed by atoms with E-state index in [9.17, 15) is 9.90 Å². The van der Waals surface area contributed by atoms with E-state index in [1.165, 1.54) is 17.7 Å². The van der Waals surface area contributed by atoms with Crippen LogP contribution in [0.1, 0.15) is 22.2 Å². The van der Waals surface area contributed by atoms with Gasteiger partial charge in [0.15, 0.2) is 0 Å². The monoisotopic (exact) mass is 294 g/mol. The number of carboxylic acids is 1. The maximum atomic E-state index is 11.2. The minimum atomic E-state index is -0.915. The Labute approximate surface area is 121 Å². The Hall–Kier alpha value is -1.73. The Morgan fingerprint density at radius 1 is 1.50 bits per heavy atom. The van der Waals surface area contributed by atoms with Crippen molar-refractivity contribution in [3.05, 3.63) is 16.8 Å². The van der Waals surface area contributed by atoms with Crippen LogP contribution in [-0.4, -0.2) is 52.6 Å². The first-order valence-corrected chi connectivity index (χ1v) is 7.26. The Bertz CT molecular complexity index is 626. The third-order valence-corrected chi connectivity index (χ3v) is 4.43. The number of nitrogens with one attached hydrogen (secondary N) is 1. The van der Waals surface area contributed by atoms with E-state index in [-0.39, 0.29) is 0 Å². The third-order valence-electron chi connectivity index (χ3n) is 3.25. The van der Waals surface area contributed by atoms with E-state index in [0.29, 0.717) is 15.5 Å². The van der Waals surface area contributed by atoms with Crippen LogP contribution in [-0.2, 0) is 0 Å². The molecule has 2 rings (SSSR count). The zero-order chi connectivity index (χ0) is 14.7. The first-order valence-electron chi connectivity index (χ1n) is 6.44. The molecule has 0 aliphatic carbocycles. The second kappa shape index (κ2) is 6.15. The average molecular weight is 294 g/mol. The number of aromatic carboxylic acids is 1. The van der Waals surface area contributed by atoms with Crippen LogP contribution in [0.4, 0.5) is 5.82 Å². The SMILES string of the molecule is CCN(C)CCNc1ncnc2sc(C(=O)O)c(C)c12. The zero-order valence-electron chi connectivity index (χ0n) is 11.8. The van der Waals surface area contributed by atoms with Gasteiger partial charge in [0.05, 0.1) is 5.39 Å². The molecule has 0 bridgehead atoms. The Morgan fingerprint density at radius 3 is 2.90 bits per heavy atom. The van der Waals surface area contributed by atoms with Gasteiger partial charge in [0.25, 0.3) is 0 Å². The highest BCUT2D eigenvalue weighted by Crippen LogP contribution is 2.32. The van der Waals surface area contributed by atoms with Gasteiger partial charge in [0, 0.05) is 13.1 Å². The number of thiophene rings is 1. The summed E-state index contributed by atoms with van der Waals surface area (Å²) in [7, 11) is 2.05. The molecule has 0 radical (unpaired) electrons. The number of hydrogen-bond acceptors (Lipinski definition) is 6. The van der Waals surface area contributed by atoms with Crippen molar-refractivity contribution in [1.82, 2.24) is 14.9 Å². The molecule has 6 nitrogen and oxygen atoms in total. The molecule has 0 spiro atoms. The molecule has 7 heteroatoms. The number of aromatic nitrogens is 2. The topological polar surface area (TPSA) is 78.3 Å². The van der Waals surface area contributed by atoms with Crippen molar-refractivity contribution in [3.63, 3.8) is 0 Å². The minimum absolute atomic E-state index is 0.328. The van der Waals surface area contributed by atoms with Gasteiger partial charge in [-0.25, -0.2) is 14.8 Å². The van der Waals surface area contributed by atoms with Gasteiger partial charge in [-0.3, -0.25) is 0 Å². The van der Waals surface area contributed by atoms with Crippen molar-refractivity contribution in [2.24, 2.45) is 0 Å². The standard InChI is InChI=1S/C13H18N4O2S/c1-4-17(3)6-5-14-11-9-8(2)10(13(18)19)20-12(9)16-7-15-11/h7H,4-6H2,1-3H3,(H,18,19)(H,14,15,16). The number of aryl methyl sites for hydroxylation is 1. The number of likely N-dealkylation sites (N-methyl/N-ethyl adjacent to an activating group) is 1. The maximum absolute atomic E-state index is 11.2. The summed E-state index contributed by atoms with van der Waals surface area (Å²) in [6.07, 6.45) is 1.47. The smallest absolute Gasteiger partial charge is 0.346 e. The van der Waals surface area contributed by atoms with E-state index in [2.05, 4.69) is 34.2 Å². The molecule has 0 fully saturated rings. The van der Waals surface area contributed by atoms with Crippen LogP contribution in [0.3, 0.4) is 0 Å². The van der Waals surface area contributed by atoms with E-state index < -0.39 is 5.97 Å². The predicted molar refractivity (Wildman–Crippen MR) is 80.8 cm³/mol. The fourth-order valence-electron chi connectivity index (χ4n) is 1.93. The molecular weight excluding hydrogens is 276 g/mol. The molecule has 2 heterocycles. The lowest BCUT2D eigenvalue weighted by atomic mass is 10.2. The summed E-state index contributed by atoms with van der Waals surface area (Å²) in [4.78, 5) is 22.8. The van der Waals surface area contributed by atoms with Gasteiger partial charge in [0.2, 0.25) is 0 Å². The molecule has 0 unspecified atom stereocenters. The molecule has 0 aliphatic rings. The predicted octanol–water partition coefficient (Wildman–Crippen LogP) is 2.06. The number of fused-ring (bicyclic) bond motifs is 1. The van der Waals surface area contributed by atoms with Gasteiger partial charge in [0.1, 0.15) is 21.9 Å². The molecule has 20 heavy (non-hydrogen) atoms. The molecule has 0 atom stereocenters. The van der Waals surface area contributed by atoms with Crippen molar-refractivity contribution >= 4 is 33.3 Å². The van der Waals surface area contributed by atoms with Gasteiger partial charge in [-0.2, -0.15) is 0 Å². The second-order valence-corrected chi connectivity index (χ2v) is 5.59. The van der Waals surface area contributed by atoms with Gasteiger partial charge in [-0.15, -0.1) is 11.3 Å². The van der Waals surface area contributed by atoms with Crippen LogP contribution in [0, 0.1) is 6.92 Å². The highest BCUT2D eigenvalue weighted by atomic mass is 32.1. The lowest BCUT2D eigenvalue weighted by Crippen LogP contribution is -2.25. The fourth-order valence-corrected chi connectivity index (χ4v) is 2.92. The van der Waals surface area contributed by atoms with Crippen molar-refractivity contribution < 1.29 is 9.90 Å². The largest absolute Gasteiger partial charge is 0.477 e. The summed E-state index contributed by atoms with van der Waals surface area (Å²) < 4.78 is 0. The van der Waals surface area contributed by atoms with E-state index in [4.69, 9.17) is 0 Å². The van der Waals surface area contributed by atoms with E-state index in [0.717, 1.165) is 30.6 Å². The molecule has 2 aromatic rings. The van der Waals surface area contributed by atoms with Crippen LogP contribution in [0.5, 0.6) is 0 Å². The summed E-state index contributed by atoms with van der Waals surface area (Å²) >= 11 is 1.19. The Balaban J connectivity index is 2.27. The average Bonchev–Trinajstić information content (AvgIpc) is 2.77. The van der Waals surface area contributed by atoms with Gasteiger partial charge in [-0.05, 0) is 26.1 Å². The summed E-state index contributed by atoms with van der Waals surface area (Å²) in [5, 5.41) is 13.3. The summed E-state index contributed by atoms with van der Waals surface area (Å²) in [5.41, 5.74) is 0.726. The normalized spacial score (nSPS) is 11.2. The van der Waals surface area contributed by atoms with Crippen LogP contribution >= 0.6 is 11.3 Å². The number of rotatable bonds is 6. The molecule has 108 valence electrons. The minimum Gasteiger partial charge on any atom is -0.477 e. The first kappa shape index (κ1) is 14.7. The molecule has 0 aromatic carbocycles. The quantitative estimate of drug-likeness (QED) is 0.849. The van der Waals surface area contributed by atoms with Gasteiger partial charge in [-0.1, -0.05) is 6.92 Å². The van der Waals surface area contributed by atoms with Gasteiger partial charge >= 0.3 is 5.97 Å². The van der Waals surface area contributed by atoms with Crippen molar-refractivity contribution in [2.75, 3.05) is 32.0 Å². The summed E-state index contributed by atoms with van der Waals surface area (Å²) in [5.74, 6) is -0.206. The molecule has 0 saturated heterocycles. The van der Waals surface area contributed by atoms with Crippen LogP contribution in [0.15, 0.2) is 6.33 Å². The maximum Gasteiger partial charge on any atom is 0.346 e. The van der Waals surface area contributed by atoms with Crippen molar-refractivity contribution in [1.29, 1.82) is 0 Å². The van der Waals surface area contributed by atoms with Gasteiger partial charge < -0.3 is 15.3 Å². The number of carbonyl (C=O) groups is 1. The molecule has 2 aromatic heterocycles. The van der Waals surface area contributed by atoms with Crippen LogP contribution in [0.25, 0.3) is 10.2 Å². The Morgan fingerprint density at radius 2 is 2.25 bits per heavy atom. The van der Waals surface area contributed by atoms with E-state index in [1.54, 1.807) is 6.92 Å². The zero-order valence-corrected chi connectivity index (χ0v) is 12.6. The third kappa shape index (κ3) is 2.88. The van der Waals surface area contributed by atoms with E-state index in [1.807, 2.05) is 0 Å². The highest BCUT2D eigenvalue weighted by Gasteiger charge is 2.18. The van der Waals surface area contributed by atoms with Crippen molar-refractivity contribution in [3.8, 4) is 0 Å². The lowest BCUT2D eigenvalue weighted by Gasteiger charge is -2.14. The number of hydrogen-bond donors (Lipinski definition) is 2. The van der Waals surface area contributed by atoms with Crippen molar-refractivity contribution in [2.45, 2.75) is 13.8 Å². The van der Waals surface area contributed by atoms with E-state index >= 15 is 0 Å². The number of nitrogens with zero attached hydrogens (tertiary/aromatic N) is 3. The summed E-state index contributed by atoms with van der Waals surface area (Å²) in [6.45, 7) is 6.55. The fraction of sp³-hybridized carbons (Fsp3) is 0.462. The molecule has 0 aliphatic heterocycles. The molecular formula is C13H18N4O2S. The molecule has 0 amide bonds. The summed E-state index contributed by atoms with van der Waals surface area (Å²) in [6, 6.07) is 0. The first-order chi connectivity index (χ1) is 9.54. The number of carboxylic acid groups (broad SMARTS) is 1. The highest BCUT2D eigenvalue weighted by molar-refractivity contribution is 7.20. The van der Waals surface area contributed by atoms with Crippen LogP contribution in [0.2, 0.25) is 0 Å². The molecule has 2 N–H and O–H groups in total. The lowest BCUT2D eigenvalue weighted by molar-refractivity contribution is 0.0701. The molecule has 0 saturated carbocycles.